The molecule has 0 fully saturated rings. The number of halogens is 1. The average Bonchev–Trinajstić information content (AvgIpc) is 2.38. The summed E-state index contributed by atoms with van der Waals surface area (Å²) in [6, 6.07) is 6.82. The van der Waals surface area contributed by atoms with E-state index in [-0.39, 0.29) is 6.61 Å². The lowest BCUT2D eigenvalue weighted by atomic mass is 10.2. The van der Waals surface area contributed by atoms with Crippen molar-refractivity contribution in [2.45, 2.75) is 6.92 Å². The van der Waals surface area contributed by atoms with Crippen LogP contribution in [0.25, 0.3) is 0 Å². The normalized spacial score (nSPS) is 10.3. The molecular weight excluding hydrogens is 258 g/mol. The van der Waals surface area contributed by atoms with Crippen molar-refractivity contribution in [1.29, 1.82) is 0 Å². The summed E-state index contributed by atoms with van der Waals surface area (Å²) in [6.45, 7) is 1.95. The van der Waals surface area contributed by atoms with Gasteiger partial charge in [0.15, 0.2) is 0 Å². The number of hydrogen-bond acceptors (Lipinski definition) is 4. The van der Waals surface area contributed by atoms with Crippen LogP contribution in [0.4, 0.5) is 0 Å². The van der Waals surface area contributed by atoms with Crippen LogP contribution in [0.3, 0.4) is 0 Å². The van der Waals surface area contributed by atoms with E-state index >= 15 is 0 Å². The van der Waals surface area contributed by atoms with Crippen molar-refractivity contribution in [2.24, 2.45) is 5.10 Å². The lowest BCUT2D eigenvalue weighted by molar-refractivity contribution is -0.146. The number of rotatable bonds is 4. The fourth-order valence-corrected chi connectivity index (χ4v) is 1.08. The second kappa shape index (κ2) is 7.41. The van der Waals surface area contributed by atoms with Gasteiger partial charge >= 0.3 is 11.8 Å². The highest BCUT2D eigenvalue weighted by molar-refractivity contribution is 6.34. The standard InChI is InChI=1S/C11H12ClN3O3/c1-2-18-15-11(17)10(16)14-13-7-8-3-5-9(12)6-4-8/h3-7H,2H2,1H3,(H,14,16)(H,15,17)/b13-7+. The van der Waals surface area contributed by atoms with Gasteiger partial charge in [-0.3, -0.25) is 14.4 Å². The second-order valence-corrected chi connectivity index (χ2v) is 3.55. The Morgan fingerprint density at radius 3 is 2.61 bits per heavy atom. The summed E-state index contributed by atoms with van der Waals surface area (Å²) >= 11 is 5.71. The maximum absolute atomic E-state index is 11.2. The summed E-state index contributed by atoms with van der Waals surface area (Å²) in [5.41, 5.74) is 4.75. The molecular formula is C11H12ClN3O3. The van der Waals surface area contributed by atoms with Gasteiger partial charge < -0.3 is 0 Å². The van der Waals surface area contributed by atoms with Crippen molar-refractivity contribution < 1.29 is 14.4 Å². The van der Waals surface area contributed by atoms with Crippen LogP contribution in [0.5, 0.6) is 0 Å². The molecule has 0 aliphatic carbocycles. The van der Waals surface area contributed by atoms with Crippen molar-refractivity contribution in [3.63, 3.8) is 0 Å². The lowest BCUT2D eigenvalue weighted by Crippen LogP contribution is -2.37. The van der Waals surface area contributed by atoms with Crippen LogP contribution >= 0.6 is 11.6 Å². The summed E-state index contributed by atoms with van der Waals surface area (Å²) in [5, 5.41) is 4.22. The molecule has 0 aliphatic heterocycles. The molecule has 0 saturated carbocycles. The quantitative estimate of drug-likeness (QED) is 0.483. The van der Waals surface area contributed by atoms with Crippen LogP contribution in [0.2, 0.25) is 5.02 Å². The predicted octanol–water partition coefficient (Wildman–Crippen LogP) is 0.858. The van der Waals surface area contributed by atoms with Crippen molar-refractivity contribution in [2.75, 3.05) is 6.61 Å². The van der Waals surface area contributed by atoms with E-state index in [0.29, 0.717) is 5.02 Å². The Kier molecular flexibility index (Phi) is 5.83. The van der Waals surface area contributed by atoms with Gasteiger partial charge in [0, 0.05) is 5.02 Å². The number of amides is 2. The minimum Gasteiger partial charge on any atom is -0.274 e. The summed E-state index contributed by atoms with van der Waals surface area (Å²) < 4.78 is 0. The van der Waals surface area contributed by atoms with Gasteiger partial charge in [-0.1, -0.05) is 23.7 Å². The van der Waals surface area contributed by atoms with Gasteiger partial charge in [0.1, 0.15) is 0 Å². The van der Waals surface area contributed by atoms with Crippen LogP contribution in [-0.2, 0) is 14.4 Å². The van der Waals surface area contributed by atoms with Crippen LogP contribution < -0.4 is 10.9 Å². The van der Waals surface area contributed by atoms with Crippen molar-refractivity contribution in [3.8, 4) is 0 Å². The zero-order chi connectivity index (χ0) is 13.4. The molecule has 0 saturated heterocycles. The first-order valence-electron chi connectivity index (χ1n) is 5.14. The second-order valence-electron chi connectivity index (χ2n) is 3.11. The maximum atomic E-state index is 11.2. The van der Waals surface area contributed by atoms with E-state index in [9.17, 15) is 9.59 Å². The number of benzene rings is 1. The zero-order valence-electron chi connectivity index (χ0n) is 9.64. The van der Waals surface area contributed by atoms with Crippen molar-refractivity contribution in [3.05, 3.63) is 34.9 Å². The van der Waals surface area contributed by atoms with Crippen molar-refractivity contribution in [1.82, 2.24) is 10.9 Å². The first kappa shape index (κ1) is 14.1. The molecule has 1 rings (SSSR count). The smallest absolute Gasteiger partial charge is 0.274 e. The minimum absolute atomic E-state index is 0.271. The largest absolute Gasteiger partial charge is 0.334 e. The Morgan fingerprint density at radius 2 is 2.00 bits per heavy atom. The number of nitrogens with one attached hydrogen (secondary N) is 2. The third kappa shape index (κ3) is 4.94. The van der Waals surface area contributed by atoms with Crippen LogP contribution in [0.15, 0.2) is 29.4 Å². The molecule has 0 aromatic heterocycles. The highest BCUT2D eigenvalue weighted by Gasteiger charge is 2.11. The molecule has 0 unspecified atom stereocenters. The summed E-state index contributed by atoms with van der Waals surface area (Å²) in [4.78, 5) is 26.8. The van der Waals surface area contributed by atoms with Gasteiger partial charge in [0.2, 0.25) is 0 Å². The molecule has 0 heterocycles. The van der Waals surface area contributed by atoms with E-state index in [0.717, 1.165) is 5.56 Å². The van der Waals surface area contributed by atoms with E-state index < -0.39 is 11.8 Å². The third-order valence-electron chi connectivity index (χ3n) is 1.77. The number of hydrogen-bond donors (Lipinski definition) is 2. The highest BCUT2D eigenvalue weighted by atomic mass is 35.5. The summed E-state index contributed by atoms with van der Waals surface area (Å²) in [7, 11) is 0. The first-order valence-corrected chi connectivity index (χ1v) is 5.52. The van der Waals surface area contributed by atoms with Gasteiger partial charge in [-0.05, 0) is 24.6 Å². The molecule has 1 aromatic rings. The molecule has 2 amide bonds. The predicted molar refractivity (Wildman–Crippen MR) is 67.0 cm³/mol. The van der Waals surface area contributed by atoms with Gasteiger partial charge in [0.05, 0.1) is 12.8 Å². The van der Waals surface area contributed by atoms with E-state index in [1.54, 1.807) is 31.2 Å². The fraction of sp³-hybridized carbons (Fsp3) is 0.182. The van der Waals surface area contributed by atoms with Crippen LogP contribution in [0.1, 0.15) is 12.5 Å². The van der Waals surface area contributed by atoms with Crippen LogP contribution in [0, 0.1) is 0 Å². The van der Waals surface area contributed by atoms with Gasteiger partial charge in [-0.2, -0.15) is 5.10 Å². The number of carbonyl (C=O) groups excluding carboxylic acids is 2. The molecule has 0 spiro atoms. The van der Waals surface area contributed by atoms with Gasteiger partial charge in [-0.15, -0.1) is 0 Å². The summed E-state index contributed by atoms with van der Waals surface area (Å²) in [6.07, 6.45) is 1.39. The number of carbonyl (C=O) groups is 2. The minimum atomic E-state index is -0.912. The van der Waals surface area contributed by atoms with E-state index in [4.69, 9.17) is 11.6 Å². The molecule has 0 aliphatic rings. The molecule has 1 aromatic carbocycles. The topological polar surface area (TPSA) is 79.8 Å². The van der Waals surface area contributed by atoms with E-state index in [1.807, 2.05) is 5.48 Å². The number of hydrazone groups is 1. The molecule has 0 atom stereocenters. The SMILES string of the molecule is CCONC(=O)C(=O)N/N=C/c1ccc(Cl)cc1. The molecule has 96 valence electrons. The Balaban J connectivity index is 2.42. The highest BCUT2D eigenvalue weighted by Crippen LogP contribution is 2.07. The Morgan fingerprint density at radius 1 is 1.33 bits per heavy atom. The molecule has 0 bridgehead atoms. The molecule has 2 N–H and O–H groups in total. The number of nitrogens with zero attached hydrogens (tertiary/aromatic N) is 1. The molecule has 7 heteroatoms. The zero-order valence-corrected chi connectivity index (χ0v) is 10.4. The lowest BCUT2D eigenvalue weighted by Gasteiger charge is -2.01. The fourth-order valence-electron chi connectivity index (χ4n) is 0.949. The first-order chi connectivity index (χ1) is 8.63. The van der Waals surface area contributed by atoms with E-state index in [2.05, 4.69) is 15.4 Å². The Bertz CT molecular complexity index is 445. The molecule has 18 heavy (non-hydrogen) atoms. The van der Waals surface area contributed by atoms with Gasteiger partial charge in [0.25, 0.3) is 0 Å². The summed E-state index contributed by atoms with van der Waals surface area (Å²) in [5.74, 6) is -1.82. The third-order valence-corrected chi connectivity index (χ3v) is 2.02. The average molecular weight is 270 g/mol. The maximum Gasteiger partial charge on any atom is 0.334 e. The van der Waals surface area contributed by atoms with Crippen molar-refractivity contribution >= 4 is 29.6 Å². The molecule has 0 radical (unpaired) electrons. The van der Waals surface area contributed by atoms with E-state index in [1.165, 1.54) is 6.21 Å². The Hall–Kier alpha value is -1.92. The molecule has 6 nitrogen and oxygen atoms in total. The van der Waals surface area contributed by atoms with Gasteiger partial charge in [-0.25, -0.2) is 10.9 Å². The monoisotopic (exact) mass is 269 g/mol. The van der Waals surface area contributed by atoms with Crippen LogP contribution in [-0.4, -0.2) is 24.6 Å². The number of hydroxylamine groups is 1. The Labute approximate surface area is 109 Å².